The molecule has 0 aliphatic carbocycles. The van der Waals surface area contributed by atoms with Crippen molar-refractivity contribution in [2.45, 2.75) is 26.3 Å². The Morgan fingerprint density at radius 2 is 1.81 bits per heavy atom. The van der Waals surface area contributed by atoms with Gasteiger partial charge >= 0.3 is 0 Å². The van der Waals surface area contributed by atoms with E-state index in [2.05, 4.69) is 17.0 Å². The van der Waals surface area contributed by atoms with Crippen LogP contribution in [0.1, 0.15) is 31.9 Å². The molecule has 0 N–H and O–H groups in total. The first-order chi connectivity index (χ1) is 7.57. The monoisotopic (exact) mass is 219 g/mol. The molecule has 0 radical (unpaired) electrons. The molecule has 2 atom stereocenters. The molecule has 0 fully saturated rings. The second-order valence-corrected chi connectivity index (χ2v) is 4.43. The van der Waals surface area contributed by atoms with Gasteiger partial charge in [0.15, 0.2) is 0 Å². The van der Waals surface area contributed by atoms with Crippen molar-refractivity contribution >= 4 is 5.78 Å². The average Bonchev–Trinajstić information content (AvgIpc) is 2.29. The summed E-state index contributed by atoms with van der Waals surface area (Å²) in [4.78, 5) is 13.9. The molecule has 0 aromatic heterocycles. The molecule has 1 rings (SSSR count). The van der Waals surface area contributed by atoms with Crippen molar-refractivity contribution in [3.05, 3.63) is 35.9 Å². The Morgan fingerprint density at radius 1 is 1.25 bits per heavy atom. The van der Waals surface area contributed by atoms with Gasteiger partial charge in [-0.3, -0.25) is 4.79 Å². The Labute approximate surface area is 98.3 Å². The van der Waals surface area contributed by atoms with Crippen LogP contribution in [0, 0.1) is 5.92 Å². The largest absolute Gasteiger partial charge is 0.302 e. The van der Waals surface area contributed by atoms with Gasteiger partial charge in [-0.15, -0.1) is 0 Å². The number of carbonyl (C=O) groups is 1. The van der Waals surface area contributed by atoms with Gasteiger partial charge in [-0.05, 0) is 19.7 Å². The summed E-state index contributed by atoms with van der Waals surface area (Å²) in [7, 11) is 4.05. The van der Waals surface area contributed by atoms with Crippen LogP contribution in [0.15, 0.2) is 30.3 Å². The van der Waals surface area contributed by atoms with E-state index in [4.69, 9.17) is 0 Å². The Balaban J connectivity index is 2.96. The maximum atomic E-state index is 11.8. The van der Waals surface area contributed by atoms with Crippen LogP contribution in [-0.2, 0) is 4.79 Å². The number of ketones is 1. The number of hydrogen-bond acceptors (Lipinski definition) is 2. The fourth-order valence-corrected chi connectivity index (χ4v) is 2.18. The summed E-state index contributed by atoms with van der Waals surface area (Å²) < 4.78 is 0. The quantitative estimate of drug-likeness (QED) is 0.759. The zero-order valence-corrected chi connectivity index (χ0v) is 10.6. The van der Waals surface area contributed by atoms with Crippen molar-refractivity contribution in [2.24, 2.45) is 5.92 Å². The van der Waals surface area contributed by atoms with E-state index >= 15 is 0 Å². The molecular formula is C14H21NO. The molecule has 0 aliphatic heterocycles. The zero-order valence-electron chi connectivity index (χ0n) is 10.6. The Hall–Kier alpha value is -1.15. The van der Waals surface area contributed by atoms with Gasteiger partial charge in [0.2, 0.25) is 0 Å². The molecule has 0 aliphatic rings. The minimum atomic E-state index is 0.0439. The van der Waals surface area contributed by atoms with Crippen molar-refractivity contribution < 1.29 is 4.79 Å². The molecule has 88 valence electrons. The topological polar surface area (TPSA) is 20.3 Å². The highest BCUT2D eigenvalue weighted by molar-refractivity contribution is 5.81. The molecule has 1 aromatic rings. The average molecular weight is 219 g/mol. The van der Waals surface area contributed by atoms with Crippen LogP contribution < -0.4 is 0 Å². The standard InChI is InChI=1S/C14H21NO/c1-5-13(16)11(2)14(15(3)4)12-9-7-6-8-10-12/h6-11,14H,5H2,1-4H3. The fraction of sp³-hybridized carbons (Fsp3) is 0.500. The van der Waals surface area contributed by atoms with Gasteiger partial charge < -0.3 is 4.90 Å². The van der Waals surface area contributed by atoms with Crippen LogP contribution in [0.3, 0.4) is 0 Å². The lowest BCUT2D eigenvalue weighted by Crippen LogP contribution is -2.30. The first-order valence-electron chi connectivity index (χ1n) is 5.82. The Bertz CT molecular complexity index is 332. The van der Waals surface area contributed by atoms with Crippen molar-refractivity contribution in [1.29, 1.82) is 0 Å². The first-order valence-corrected chi connectivity index (χ1v) is 5.82. The number of nitrogens with zero attached hydrogens (tertiary/aromatic N) is 1. The summed E-state index contributed by atoms with van der Waals surface area (Å²) in [6, 6.07) is 10.4. The molecule has 0 spiro atoms. The third-order valence-electron chi connectivity index (χ3n) is 3.03. The van der Waals surface area contributed by atoms with Gasteiger partial charge in [0.1, 0.15) is 5.78 Å². The fourth-order valence-electron chi connectivity index (χ4n) is 2.18. The van der Waals surface area contributed by atoms with Crippen LogP contribution in [0.4, 0.5) is 0 Å². The second-order valence-electron chi connectivity index (χ2n) is 4.43. The third kappa shape index (κ3) is 2.92. The van der Waals surface area contributed by atoms with E-state index in [9.17, 15) is 4.79 Å². The van der Waals surface area contributed by atoms with Crippen LogP contribution in [0.2, 0.25) is 0 Å². The highest BCUT2D eigenvalue weighted by Gasteiger charge is 2.25. The van der Waals surface area contributed by atoms with E-state index in [1.165, 1.54) is 5.56 Å². The van der Waals surface area contributed by atoms with Crippen molar-refractivity contribution in [3.8, 4) is 0 Å². The van der Waals surface area contributed by atoms with Crippen LogP contribution in [0.25, 0.3) is 0 Å². The summed E-state index contributed by atoms with van der Waals surface area (Å²) in [6.07, 6.45) is 0.609. The lowest BCUT2D eigenvalue weighted by molar-refractivity contribution is -0.124. The second kappa shape index (κ2) is 5.80. The number of rotatable bonds is 5. The molecule has 0 bridgehead atoms. The van der Waals surface area contributed by atoms with Crippen LogP contribution >= 0.6 is 0 Å². The number of carbonyl (C=O) groups excluding carboxylic acids is 1. The Morgan fingerprint density at radius 3 is 2.25 bits per heavy atom. The maximum absolute atomic E-state index is 11.8. The highest BCUT2D eigenvalue weighted by Crippen LogP contribution is 2.27. The number of hydrogen-bond donors (Lipinski definition) is 0. The first kappa shape index (κ1) is 12.9. The van der Waals surface area contributed by atoms with E-state index in [-0.39, 0.29) is 12.0 Å². The van der Waals surface area contributed by atoms with Gasteiger partial charge in [0, 0.05) is 18.4 Å². The predicted octanol–water partition coefficient (Wildman–Crippen LogP) is 2.90. The van der Waals surface area contributed by atoms with Crippen LogP contribution in [0.5, 0.6) is 0 Å². The smallest absolute Gasteiger partial charge is 0.137 e. The van der Waals surface area contributed by atoms with Crippen molar-refractivity contribution in [2.75, 3.05) is 14.1 Å². The zero-order chi connectivity index (χ0) is 12.1. The van der Waals surface area contributed by atoms with E-state index < -0.39 is 0 Å². The van der Waals surface area contributed by atoms with Crippen molar-refractivity contribution in [3.63, 3.8) is 0 Å². The molecule has 0 saturated carbocycles. The molecule has 0 heterocycles. The Kier molecular flexibility index (Phi) is 4.69. The van der Waals surface area contributed by atoms with E-state index in [1.807, 2.05) is 46.1 Å². The molecule has 0 saturated heterocycles. The lowest BCUT2D eigenvalue weighted by Gasteiger charge is -2.29. The van der Waals surface area contributed by atoms with E-state index in [1.54, 1.807) is 0 Å². The van der Waals surface area contributed by atoms with Gasteiger partial charge in [-0.25, -0.2) is 0 Å². The number of benzene rings is 1. The lowest BCUT2D eigenvalue weighted by atomic mass is 9.89. The van der Waals surface area contributed by atoms with Gasteiger partial charge in [0.05, 0.1) is 0 Å². The predicted molar refractivity (Wildman–Crippen MR) is 67.3 cm³/mol. The number of Topliss-reactive ketones (excluding diaryl/α,β-unsaturated/α-hetero) is 1. The molecule has 1 aromatic carbocycles. The molecule has 2 unspecified atom stereocenters. The summed E-state index contributed by atoms with van der Waals surface area (Å²) in [5.41, 5.74) is 1.21. The SMILES string of the molecule is CCC(=O)C(C)C(c1ccccc1)N(C)C. The summed E-state index contributed by atoms with van der Waals surface area (Å²) in [5, 5.41) is 0. The molecular weight excluding hydrogens is 198 g/mol. The molecule has 2 nitrogen and oxygen atoms in total. The van der Waals surface area contributed by atoms with E-state index in [0.717, 1.165) is 0 Å². The summed E-state index contributed by atoms with van der Waals surface area (Å²) >= 11 is 0. The molecule has 16 heavy (non-hydrogen) atoms. The van der Waals surface area contributed by atoms with Gasteiger partial charge in [-0.1, -0.05) is 44.2 Å². The summed E-state index contributed by atoms with van der Waals surface area (Å²) in [6.45, 7) is 3.94. The molecule has 2 heteroatoms. The molecule has 0 amide bonds. The normalized spacial score (nSPS) is 14.8. The van der Waals surface area contributed by atoms with E-state index in [0.29, 0.717) is 12.2 Å². The minimum absolute atomic E-state index is 0.0439. The minimum Gasteiger partial charge on any atom is -0.302 e. The van der Waals surface area contributed by atoms with Crippen molar-refractivity contribution in [1.82, 2.24) is 4.90 Å². The summed E-state index contributed by atoms with van der Waals surface area (Å²) in [5.74, 6) is 0.366. The van der Waals surface area contributed by atoms with Crippen LogP contribution in [-0.4, -0.2) is 24.8 Å². The maximum Gasteiger partial charge on any atom is 0.137 e. The highest BCUT2D eigenvalue weighted by atomic mass is 16.1. The van der Waals surface area contributed by atoms with Gasteiger partial charge in [0.25, 0.3) is 0 Å². The van der Waals surface area contributed by atoms with Gasteiger partial charge in [-0.2, -0.15) is 0 Å². The third-order valence-corrected chi connectivity index (χ3v) is 3.03.